The Hall–Kier alpha value is -1.06. The molecule has 0 aliphatic carbocycles. The largest absolute Gasteiger partial charge is 0.332 e. The third-order valence-corrected chi connectivity index (χ3v) is 4.19. The molecule has 1 aliphatic heterocycles. The van der Waals surface area contributed by atoms with E-state index in [-0.39, 0.29) is 18.0 Å². The van der Waals surface area contributed by atoms with Crippen molar-refractivity contribution in [3.05, 3.63) is 34.3 Å². The van der Waals surface area contributed by atoms with Gasteiger partial charge in [-0.25, -0.2) is 0 Å². The lowest BCUT2D eigenvalue weighted by Gasteiger charge is -2.40. The Bertz CT molecular complexity index is 475. The number of hydrogen-bond donors (Lipinski definition) is 1. The van der Waals surface area contributed by atoms with Gasteiger partial charge in [-0.2, -0.15) is 0 Å². The molecule has 1 heterocycles. The molecule has 0 radical (unpaired) electrons. The Kier molecular flexibility index (Phi) is 4.48. The molecular weight excluding hydrogens is 260 g/mol. The zero-order valence-corrected chi connectivity index (χ0v) is 12.3. The number of amides is 1. The topological polar surface area (TPSA) is 46.3 Å². The minimum absolute atomic E-state index is 0.0804. The van der Waals surface area contributed by atoms with Gasteiger partial charge in [-0.1, -0.05) is 11.6 Å². The van der Waals surface area contributed by atoms with Gasteiger partial charge in [0.25, 0.3) is 5.91 Å². The third-order valence-electron chi connectivity index (χ3n) is 3.95. The second-order valence-electron chi connectivity index (χ2n) is 5.34. The van der Waals surface area contributed by atoms with Crippen LogP contribution in [-0.4, -0.2) is 29.4 Å². The maximum absolute atomic E-state index is 12.7. The van der Waals surface area contributed by atoms with Gasteiger partial charge in [0.05, 0.1) is 0 Å². The molecule has 0 aromatic heterocycles. The molecule has 2 atom stereocenters. The van der Waals surface area contributed by atoms with Crippen LogP contribution in [0.1, 0.15) is 42.1 Å². The van der Waals surface area contributed by atoms with E-state index in [4.69, 9.17) is 17.3 Å². The lowest BCUT2D eigenvalue weighted by Crippen LogP contribution is -2.52. The number of carbonyl (C=O) groups is 1. The van der Waals surface area contributed by atoms with Crippen molar-refractivity contribution in [1.82, 2.24) is 4.90 Å². The summed E-state index contributed by atoms with van der Waals surface area (Å²) in [7, 11) is 0. The normalized spacial score (nSPS) is 23.5. The summed E-state index contributed by atoms with van der Waals surface area (Å²) in [5.41, 5.74) is 7.47. The van der Waals surface area contributed by atoms with E-state index >= 15 is 0 Å². The van der Waals surface area contributed by atoms with Gasteiger partial charge < -0.3 is 10.6 Å². The van der Waals surface area contributed by atoms with Crippen LogP contribution >= 0.6 is 11.6 Å². The predicted octanol–water partition coefficient (Wildman–Crippen LogP) is 2.99. The van der Waals surface area contributed by atoms with Crippen LogP contribution in [0, 0.1) is 6.92 Å². The second kappa shape index (κ2) is 5.93. The smallest absolute Gasteiger partial charge is 0.254 e. The van der Waals surface area contributed by atoms with Gasteiger partial charge in [-0.05, 0) is 56.9 Å². The number of nitrogens with two attached hydrogens (primary N) is 1. The Balaban J connectivity index is 2.30. The molecule has 2 unspecified atom stereocenters. The third kappa shape index (κ3) is 2.93. The maximum atomic E-state index is 12.7. The minimum atomic E-state index is 0.0804. The molecule has 1 aromatic rings. The van der Waals surface area contributed by atoms with Crippen molar-refractivity contribution < 1.29 is 4.79 Å². The Morgan fingerprint density at radius 3 is 2.84 bits per heavy atom. The van der Waals surface area contributed by atoms with E-state index in [1.807, 2.05) is 24.0 Å². The number of aryl methyl sites for hydroxylation is 1. The van der Waals surface area contributed by atoms with Crippen molar-refractivity contribution in [3.63, 3.8) is 0 Å². The lowest BCUT2D eigenvalue weighted by molar-refractivity contribution is 0.0493. The van der Waals surface area contributed by atoms with Crippen molar-refractivity contribution in [1.29, 1.82) is 0 Å². The van der Waals surface area contributed by atoms with Gasteiger partial charge in [-0.15, -0.1) is 0 Å². The number of benzene rings is 1. The first-order chi connectivity index (χ1) is 9.04. The zero-order valence-electron chi connectivity index (χ0n) is 11.5. The van der Waals surface area contributed by atoms with E-state index in [0.717, 1.165) is 30.4 Å². The molecule has 2 rings (SSSR count). The Morgan fingerprint density at radius 2 is 2.21 bits per heavy atom. The number of nitrogens with zero attached hydrogens (tertiary/aromatic N) is 1. The van der Waals surface area contributed by atoms with Gasteiger partial charge in [0.15, 0.2) is 0 Å². The summed E-state index contributed by atoms with van der Waals surface area (Å²) in [6, 6.07) is 5.83. The van der Waals surface area contributed by atoms with Crippen LogP contribution < -0.4 is 5.73 Å². The molecule has 1 saturated heterocycles. The van der Waals surface area contributed by atoms with Gasteiger partial charge in [0, 0.05) is 29.2 Å². The predicted molar refractivity (Wildman–Crippen MR) is 78.5 cm³/mol. The summed E-state index contributed by atoms with van der Waals surface area (Å²) < 4.78 is 0. The molecule has 19 heavy (non-hydrogen) atoms. The maximum Gasteiger partial charge on any atom is 0.254 e. The molecule has 4 heteroatoms. The highest BCUT2D eigenvalue weighted by Gasteiger charge is 2.31. The van der Waals surface area contributed by atoms with Crippen LogP contribution in [0.4, 0.5) is 0 Å². The lowest BCUT2D eigenvalue weighted by atomic mass is 9.94. The standard InChI is InChI=1S/C15H21ClN2O/c1-10-8-12(16)6-7-14(10)15(19)18-11(2)4-3-5-13(18)9-17/h6-8,11,13H,3-5,9,17H2,1-2H3. The van der Waals surface area contributed by atoms with E-state index < -0.39 is 0 Å². The van der Waals surface area contributed by atoms with Crippen LogP contribution in [0.2, 0.25) is 5.02 Å². The van der Waals surface area contributed by atoms with Crippen LogP contribution in [0.15, 0.2) is 18.2 Å². The summed E-state index contributed by atoms with van der Waals surface area (Å²) in [4.78, 5) is 14.7. The number of likely N-dealkylation sites (tertiary alicyclic amines) is 1. The SMILES string of the molecule is Cc1cc(Cl)ccc1C(=O)N1C(C)CCCC1CN. The Labute approximate surface area is 119 Å². The number of halogens is 1. The quantitative estimate of drug-likeness (QED) is 0.905. The van der Waals surface area contributed by atoms with Gasteiger partial charge >= 0.3 is 0 Å². The molecule has 2 N–H and O–H groups in total. The molecule has 1 aromatic carbocycles. The molecule has 1 aliphatic rings. The summed E-state index contributed by atoms with van der Waals surface area (Å²) in [6.45, 7) is 4.55. The Morgan fingerprint density at radius 1 is 1.47 bits per heavy atom. The van der Waals surface area contributed by atoms with Gasteiger partial charge in [-0.3, -0.25) is 4.79 Å². The summed E-state index contributed by atoms with van der Waals surface area (Å²) in [5.74, 6) is 0.0804. The van der Waals surface area contributed by atoms with Crippen molar-refractivity contribution in [2.45, 2.75) is 45.2 Å². The van der Waals surface area contributed by atoms with E-state index in [2.05, 4.69) is 6.92 Å². The van der Waals surface area contributed by atoms with Crippen molar-refractivity contribution in [3.8, 4) is 0 Å². The fourth-order valence-electron chi connectivity index (χ4n) is 2.89. The van der Waals surface area contributed by atoms with Crippen molar-refractivity contribution in [2.75, 3.05) is 6.54 Å². The number of carbonyl (C=O) groups excluding carboxylic acids is 1. The highest BCUT2D eigenvalue weighted by atomic mass is 35.5. The summed E-state index contributed by atoms with van der Waals surface area (Å²) in [5, 5.41) is 0.663. The van der Waals surface area contributed by atoms with E-state index in [1.54, 1.807) is 6.07 Å². The molecular formula is C15H21ClN2O. The number of rotatable bonds is 2. The molecule has 0 spiro atoms. The first-order valence-corrected chi connectivity index (χ1v) is 7.21. The fourth-order valence-corrected chi connectivity index (χ4v) is 3.12. The molecule has 0 saturated carbocycles. The van der Waals surface area contributed by atoms with E-state index in [1.165, 1.54) is 0 Å². The second-order valence-corrected chi connectivity index (χ2v) is 5.78. The highest BCUT2D eigenvalue weighted by molar-refractivity contribution is 6.30. The van der Waals surface area contributed by atoms with E-state index in [9.17, 15) is 4.79 Å². The van der Waals surface area contributed by atoms with Crippen LogP contribution in [0.3, 0.4) is 0 Å². The first-order valence-electron chi connectivity index (χ1n) is 6.83. The van der Waals surface area contributed by atoms with Gasteiger partial charge in [0.1, 0.15) is 0 Å². The van der Waals surface area contributed by atoms with Crippen LogP contribution in [0.25, 0.3) is 0 Å². The first kappa shape index (κ1) is 14.4. The molecule has 1 fully saturated rings. The van der Waals surface area contributed by atoms with Crippen molar-refractivity contribution in [2.24, 2.45) is 5.73 Å². The van der Waals surface area contributed by atoms with Crippen LogP contribution in [0.5, 0.6) is 0 Å². The average molecular weight is 281 g/mol. The summed E-state index contributed by atoms with van der Waals surface area (Å²) in [6.07, 6.45) is 3.19. The average Bonchev–Trinajstić information content (AvgIpc) is 2.37. The number of hydrogen-bond acceptors (Lipinski definition) is 2. The summed E-state index contributed by atoms with van der Waals surface area (Å²) >= 11 is 5.95. The molecule has 3 nitrogen and oxygen atoms in total. The molecule has 0 bridgehead atoms. The zero-order chi connectivity index (χ0) is 14.0. The van der Waals surface area contributed by atoms with Gasteiger partial charge in [0.2, 0.25) is 0 Å². The molecule has 1 amide bonds. The van der Waals surface area contributed by atoms with Crippen molar-refractivity contribution >= 4 is 17.5 Å². The van der Waals surface area contributed by atoms with Crippen LogP contribution in [-0.2, 0) is 0 Å². The molecule has 104 valence electrons. The van der Waals surface area contributed by atoms with E-state index in [0.29, 0.717) is 11.6 Å². The minimum Gasteiger partial charge on any atom is -0.332 e. The number of piperidine rings is 1. The monoisotopic (exact) mass is 280 g/mol. The highest BCUT2D eigenvalue weighted by Crippen LogP contribution is 2.26. The fraction of sp³-hybridized carbons (Fsp3) is 0.533.